The topological polar surface area (TPSA) is 86.8 Å². The van der Waals surface area contributed by atoms with Gasteiger partial charge in [-0.2, -0.15) is 0 Å². The minimum absolute atomic E-state index is 0.0630. The number of likely N-dealkylation sites (N-methyl/N-ethyl adjacent to an activating group) is 1. The Morgan fingerprint density at radius 1 is 0.927 bits per heavy atom. The SMILES string of the molecule is CCNC(=O)[C@H](Cc1ccccc1)N(Cc1ccccc1Cl)C(=O)CCCN1c2cccc3cccc(c23)S1(=O)=O. The van der Waals surface area contributed by atoms with E-state index in [9.17, 15) is 18.0 Å². The highest BCUT2D eigenvalue weighted by molar-refractivity contribution is 7.93. The number of nitrogens with zero attached hydrogens (tertiary/aromatic N) is 2. The van der Waals surface area contributed by atoms with Crippen LogP contribution in [0.15, 0.2) is 95.9 Å². The van der Waals surface area contributed by atoms with Gasteiger partial charge in [0.1, 0.15) is 6.04 Å². The molecule has 7 nitrogen and oxygen atoms in total. The Labute approximate surface area is 245 Å². The van der Waals surface area contributed by atoms with E-state index in [4.69, 9.17) is 11.6 Å². The van der Waals surface area contributed by atoms with Gasteiger partial charge in [0.25, 0.3) is 10.0 Å². The molecule has 4 aromatic carbocycles. The first-order valence-electron chi connectivity index (χ1n) is 13.7. The summed E-state index contributed by atoms with van der Waals surface area (Å²) in [5.41, 5.74) is 2.28. The van der Waals surface area contributed by atoms with Crippen molar-refractivity contribution in [3.05, 3.63) is 107 Å². The van der Waals surface area contributed by atoms with Gasteiger partial charge in [-0.1, -0.05) is 84.4 Å². The second kappa shape index (κ2) is 12.3. The van der Waals surface area contributed by atoms with Crippen molar-refractivity contribution in [2.45, 2.75) is 43.7 Å². The third-order valence-electron chi connectivity index (χ3n) is 7.35. The van der Waals surface area contributed by atoms with Crippen molar-refractivity contribution >= 4 is 49.9 Å². The fourth-order valence-corrected chi connectivity index (χ4v) is 7.32. The summed E-state index contributed by atoms with van der Waals surface area (Å²) in [5.74, 6) is -0.495. The van der Waals surface area contributed by atoms with Crippen LogP contribution in [0, 0.1) is 0 Å². The minimum Gasteiger partial charge on any atom is -0.355 e. The fraction of sp³-hybridized carbons (Fsp3) is 0.250. The Morgan fingerprint density at radius 2 is 1.63 bits per heavy atom. The van der Waals surface area contributed by atoms with Gasteiger partial charge in [0.2, 0.25) is 11.8 Å². The van der Waals surface area contributed by atoms with Gasteiger partial charge in [-0.05, 0) is 48.1 Å². The van der Waals surface area contributed by atoms with Crippen LogP contribution < -0.4 is 9.62 Å². The second-order valence-corrected chi connectivity index (χ2v) is 12.3. The third kappa shape index (κ3) is 5.94. The summed E-state index contributed by atoms with van der Waals surface area (Å²) < 4.78 is 28.2. The molecule has 0 saturated carbocycles. The number of anilines is 1. The molecule has 1 aliphatic heterocycles. The van der Waals surface area contributed by atoms with Gasteiger partial charge < -0.3 is 10.2 Å². The van der Waals surface area contributed by atoms with Crippen LogP contribution in [0.25, 0.3) is 10.8 Å². The van der Waals surface area contributed by atoms with Gasteiger partial charge in [0.15, 0.2) is 0 Å². The predicted molar refractivity (Wildman–Crippen MR) is 162 cm³/mol. The highest BCUT2D eigenvalue weighted by atomic mass is 35.5. The van der Waals surface area contributed by atoms with Crippen molar-refractivity contribution in [2.75, 3.05) is 17.4 Å². The number of rotatable bonds is 11. The molecule has 212 valence electrons. The summed E-state index contributed by atoms with van der Waals surface area (Å²) >= 11 is 6.47. The molecule has 1 aliphatic rings. The van der Waals surface area contributed by atoms with Crippen LogP contribution in [0.2, 0.25) is 5.02 Å². The van der Waals surface area contributed by atoms with Crippen LogP contribution in [0.4, 0.5) is 5.69 Å². The predicted octanol–water partition coefficient (Wildman–Crippen LogP) is 5.56. The van der Waals surface area contributed by atoms with E-state index >= 15 is 0 Å². The van der Waals surface area contributed by atoms with Crippen LogP contribution in [0.3, 0.4) is 0 Å². The van der Waals surface area contributed by atoms with Crippen molar-refractivity contribution in [2.24, 2.45) is 0 Å². The number of sulfonamides is 1. The normalized spacial score (nSPS) is 14.1. The Balaban J connectivity index is 1.39. The summed E-state index contributed by atoms with van der Waals surface area (Å²) in [7, 11) is -3.72. The summed E-state index contributed by atoms with van der Waals surface area (Å²) in [6, 6.07) is 26.9. The van der Waals surface area contributed by atoms with Gasteiger partial charge in [-0.25, -0.2) is 8.42 Å². The lowest BCUT2D eigenvalue weighted by Crippen LogP contribution is -2.50. The summed E-state index contributed by atoms with van der Waals surface area (Å²) in [4.78, 5) is 29.1. The molecule has 0 saturated heterocycles. The zero-order chi connectivity index (χ0) is 29.0. The van der Waals surface area contributed by atoms with E-state index in [1.165, 1.54) is 4.31 Å². The fourth-order valence-electron chi connectivity index (χ4n) is 5.37. The number of hydrogen-bond donors (Lipinski definition) is 1. The molecule has 0 unspecified atom stereocenters. The minimum atomic E-state index is -3.72. The number of amides is 2. The molecule has 0 radical (unpaired) electrons. The number of halogens is 1. The molecule has 1 heterocycles. The van der Waals surface area contributed by atoms with Gasteiger partial charge >= 0.3 is 0 Å². The first kappa shape index (κ1) is 28.6. The average molecular weight is 590 g/mol. The monoisotopic (exact) mass is 589 g/mol. The zero-order valence-electron chi connectivity index (χ0n) is 22.8. The number of carbonyl (C=O) groups is 2. The molecule has 1 atom stereocenters. The summed E-state index contributed by atoms with van der Waals surface area (Å²) in [6.45, 7) is 2.57. The van der Waals surface area contributed by atoms with E-state index in [2.05, 4.69) is 5.32 Å². The van der Waals surface area contributed by atoms with Gasteiger partial charge in [-0.15, -0.1) is 0 Å². The lowest BCUT2D eigenvalue weighted by molar-refractivity contribution is -0.141. The molecular weight excluding hydrogens is 558 g/mol. The molecule has 9 heteroatoms. The molecule has 0 spiro atoms. The van der Waals surface area contributed by atoms with Crippen molar-refractivity contribution in [3.8, 4) is 0 Å². The van der Waals surface area contributed by atoms with Crippen molar-refractivity contribution < 1.29 is 18.0 Å². The van der Waals surface area contributed by atoms with Crippen LogP contribution in [-0.4, -0.2) is 44.3 Å². The van der Waals surface area contributed by atoms with Crippen molar-refractivity contribution in [3.63, 3.8) is 0 Å². The van der Waals surface area contributed by atoms with Crippen LogP contribution in [0.1, 0.15) is 30.9 Å². The highest BCUT2D eigenvalue weighted by Crippen LogP contribution is 2.42. The van der Waals surface area contributed by atoms with Crippen LogP contribution in [-0.2, 0) is 32.6 Å². The third-order valence-corrected chi connectivity index (χ3v) is 9.58. The summed E-state index contributed by atoms with van der Waals surface area (Å²) in [5, 5.41) is 4.96. The number of hydrogen-bond acceptors (Lipinski definition) is 4. The van der Waals surface area contributed by atoms with E-state index in [0.717, 1.165) is 16.5 Å². The molecule has 0 fully saturated rings. The van der Waals surface area contributed by atoms with E-state index < -0.39 is 16.1 Å². The summed E-state index contributed by atoms with van der Waals surface area (Å²) in [6.07, 6.45) is 0.684. The van der Waals surface area contributed by atoms with E-state index in [1.54, 1.807) is 29.2 Å². The largest absolute Gasteiger partial charge is 0.355 e. The Kier molecular flexibility index (Phi) is 8.61. The molecule has 5 rings (SSSR count). The maximum Gasteiger partial charge on any atom is 0.265 e. The molecule has 0 aromatic heterocycles. The first-order chi connectivity index (χ1) is 19.8. The molecule has 0 bridgehead atoms. The van der Waals surface area contributed by atoms with E-state index in [0.29, 0.717) is 29.1 Å². The zero-order valence-corrected chi connectivity index (χ0v) is 24.4. The maximum absolute atomic E-state index is 13.9. The lowest BCUT2D eigenvalue weighted by atomic mass is 10.0. The molecule has 0 aliphatic carbocycles. The van der Waals surface area contributed by atoms with Crippen LogP contribution in [0.5, 0.6) is 0 Å². The van der Waals surface area contributed by atoms with Gasteiger partial charge in [-0.3, -0.25) is 13.9 Å². The number of nitrogens with one attached hydrogen (secondary N) is 1. The maximum atomic E-state index is 13.9. The molecule has 4 aromatic rings. The van der Waals surface area contributed by atoms with E-state index in [-0.39, 0.29) is 42.6 Å². The Bertz CT molecular complexity index is 1670. The standard InChI is InChI=1S/C32H32ClN3O4S/c1-2-34-32(38)28(21-23-11-4-3-5-12-23)35(22-25-13-6-7-16-26(25)33)30(37)19-10-20-36-27-17-8-14-24-15-9-18-29(31(24)27)41(36,39)40/h3-9,11-18,28H,2,10,19-22H2,1H3,(H,34,38)/t28-/m0/s1. The van der Waals surface area contributed by atoms with Crippen LogP contribution >= 0.6 is 11.6 Å². The Morgan fingerprint density at radius 3 is 2.37 bits per heavy atom. The van der Waals surface area contributed by atoms with Crippen molar-refractivity contribution in [1.82, 2.24) is 10.2 Å². The lowest BCUT2D eigenvalue weighted by Gasteiger charge is -2.32. The smallest absolute Gasteiger partial charge is 0.265 e. The highest BCUT2D eigenvalue weighted by Gasteiger charge is 2.36. The Hall–Kier alpha value is -3.88. The quantitative estimate of drug-likeness (QED) is 0.248. The molecule has 41 heavy (non-hydrogen) atoms. The number of carbonyl (C=O) groups excluding carboxylic acids is 2. The van der Waals surface area contributed by atoms with Gasteiger partial charge in [0, 0.05) is 42.9 Å². The number of benzene rings is 4. The first-order valence-corrected chi connectivity index (χ1v) is 15.5. The second-order valence-electron chi connectivity index (χ2n) is 10.0. The average Bonchev–Trinajstić information content (AvgIpc) is 3.19. The van der Waals surface area contributed by atoms with Crippen molar-refractivity contribution in [1.29, 1.82) is 0 Å². The molecule has 1 N–H and O–H groups in total. The molecule has 2 amide bonds. The molecular formula is C32H32ClN3O4S. The van der Waals surface area contributed by atoms with E-state index in [1.807, 2.05) is 73.7 Å². The van der Waals surface area contributed by atoms with Gasteiger partial charge in [0.05, 0.1) is 10.6 Å².